The molecule has 3 rings (SSSR count). The van der Waals surface area contributed by atoms with Crippen molar-refractivity contribution in [2.24, 2.45) is 5.92 Å². The Balaban J connectivity index is 1.73. The Morgan fingerprint density at radius 3 is 2.29 bits per heavy atom. The lowest BCUT2D eigenvalue weighted by molar-refractivity contribution is -0.174. The molecule has 1 unspecified atom stereocenters. The molecular weight excluding hydrogens is 329 g/mol. The van der Waals surface area contributed by atoms with Crippen LogP contribution < -0.4 is 4.90 Å². The van der Waals surface area contributed by atoms with Gasteiger partial charge in [-0.15, -0.1) is 0 Å². The number of pyridine rings is 1. The molecule has 1 fully saturated rings. The highest BCUT2D eigenvalue weighted by molar-refractivity contribution is 5.50. The summed E-state index contributed by atoms with van der Waals surface area (Å²) in [5.41, 5.74) is 0.390. The molecule has 1 aliphatic heterocycles. The van der Waals surface area contributed by atoms with Crippen molar-refractivity contribution in [2.45, 2.75) is 43.9 Å². The van der Waals surface area contributed by atoms with Crippen molar-refractivity contribution in [3.63, 3.8) is 0 Å². The van der Waals surface area contributed by atoms with Gasteiger partial charge in [0.2, 0.25) is 12.1 Å². The molecule has 0 N–H and O–H groups in total. The summed E-state index contributed by atoms with van der Waals surface area (Å²) >= 11 is 0. The van der Waals surface area contributed by atoms with Crippen molar-refractivity contribution < 1.29 is 22.0 Å². The van der Waals surface area contributed by atoms with E-state index in [1.807, 2.05) is 0 Å². The van der Waals surface area contributed by atoms with Crippen LogP contribution in [0.2, 0.25) is 0 Å². The maximum atomic E-state index is 13.6. The Morgan fingerprint density at radius 1 is 1.08 bits per heavy atom. The fourth-order valence-electron chi connectivity index (χ4n) is 3.31. The van der Waals surface area contributed by atoms with Gasteiger partial charge < -0.3 is 9.80 Å². The van der Waals surface area contributed by atoms with E-state index in [9.17, 15) is 22.0 Å². The second-order valence-electron chi connectivity index (χ2n) is 6.32. The molecule has 2 heterocycles. The monoisotopic (exact) mass is 347 g/mol. The Morgan fingerprint density at radius 2 is 1.71 bits per heavy atom. The van der Waals surface area contributed by atoms with Crippen molar-refractivity contribution >= 4 is 5.69 Å². The smallest absolute Gasteiger partial charge is 0.348 e. The standard InChI is InChI=1S/C16H18F5N3/c17-15(18)5-1-12(2-6-15)11-23-9-10-24(14(23)16(19,20)21)13-3-7-22-8-4-13/h3-4,7-10,12,14H,1-2,5-6,11H2. The number of alkyl halides is 5. The van der Waals surface area contributed by atoms with Crippen molar-refractivity contribution in [3.8, 4) is 0 Å². The quantitative estimate of drug-likeness (QED) is 0.756. The minimum absolute atomic E-state index is 0.123. The van der Waals surface area contributed by atoms with Gasteiger partial charge in [-0.1, -0.05) is 0 Å². The number of rotatable bonds is 3. The molecule has 8 heteroatoms. The molecule has 1 atom stereocenters. The van der Waals surface area contributed by atoms with Crippen molar-refractivity contribution in [1.29, 1.82) is 0 Å². The van der Waals surface area contributed by atoms with E-state index in [2.05, 4.69) is 4.98 Å². The van der Waals surface area contributed by atoms with Crippen LogP contribution in [0.1, 0.15) is 25.7 Å². The molecule has 1 aromatic heterocycles. The molecule has 0 aromatic carbocycles. The lowest BCUT2D eigenvalue weighted by atomic mass is 9.86. The van der Waals surface area contributed by atoms with Crippen LogP contribution in [0.5, 0.6) is 0 Å². The Bertz CT molecular complexity index is 577. The van der Waals surface area contributed by atoms with Gasteiger partial charge in [0.05, 0.1) is 0 Å². The van der Waals surface area contributed by atoms with Crippen LogP contribution in [0, 0.1) is 5.92 Å². The predicted octanol–water partition coefficient (Wildman–Crippen LogP) is 4.39. The first kappa shape index (κ1) is 17.0. The first-order chi connectivity index (χ1) is 11.3. The number of hydrogen-bond donors (Lipinski definition) is 0. The van der Waals surface area contributed by atoms with Crippen LogP contribution in [0.3, 0.4) is 0 Å². The molecule has 0 radical (unpaired) electrons. The molecule has 3 nitrogen and oxygen atoms in total. The first-order valence-corrected chi connectivity index (χ1v) is 7.83. The van der Waals surface area contributed by atoms with E-state index in [1.165, 1.54) is 41.8 Å². The Hall–Kier alpha value is -1.86. The molecule has 132 valence electrons. The fraction of sp³-hybridized carbons (Fsp3) is 0.562. The van der Waals surface area contributed by atoms with E-state index in [4.69, 9.17) is 0 Å². The Labute approximate surface area is 136 Å². The number of aromatic nitrogens is 1. The number of halogens is 5. The van der Waals surface area contributed by atoms with E-state index in [0.29, 0.717) is 5.69 Å². The summed E-state index contributed by atoms with van der Waals surface area (Å²) in [6, 6.07) is 3.02. The molecule has 0 saturated heterocycles. The van der Waals surface area contributed by atoms with Gasteiger partial charge in [-0.05, 0) is 30.9 Å². The zero-order chi connectivity index (χ0) is 17.4. The SMILES string of the molecule is FC1(F)CCC(CN2C=CN(c3ccncc3)C2C(F)(F)F)CC1. The lowest BCUT2D eigenvalue weighted by Crippen LogP contribution is -2.51. The van der Waals surface area contributed by atoms with Gasteiger partial charge in [0, 0.05) is 49.9 Å². The molecule has 2 aliphatic rings. The average molecular weight is 347 g/mol. The van der Waals surface area contributed by atoms with Gasteiger partial charge in [-0.3, -0.25) is 4.98 Å². The van der Waals surface area contributed by atoms with E-state index in [1.54, 1.807) is 0 Å². The average Bonchev–Trinajstić information content (AvgIpc) is 2.94. The summed E-state index contributed by atoms with van der Waals surface area (Å²) in [7, 11) is 0. The molecule has 0 bridgehead atoms. The molecular formula is C16H18F5N3. The highest BCUT2D eigenvalue weighted by Gasteiger charge is 2.49. The number of anilines is 1. The fourth-order valence-corrected chi connectivity index (χ4v) is 3.31. The molecule has 24 heavy (non-hydrogen) atoms. The topological polar surface area (TPSA) is 19.4 Å². The van der Waals surface area contributed by atoms with Crippen molar-refractivity contribution in [3.05, 3.63) is 36.9 Å². The largest absolute Gasteiger partial charge is 0.427 e. The first-order valence-electron chi connectivity index (χ1n) is 7.83. The lowest BCUT2D eigenvalue weighted by Gasteiger charge is -2.37. The second kappa shape index (κ2) is 6.22. The van der Waals surface area contributed by atoms with Crippen LogP contribution in [0.4, 0.5) is 27.6 Å². The third-order valence-electron chi connectivity index (χ3n) is 4.56. The summed E-state index contributed by atoms with van der Waals surface area (Å²) in [6.45, 7) is 0.123. The summed E-state index contributed by atoms with van der Waals surface area (Å²) < 4.78 is 67.1. The number of nitrogens with zero attached hydrogens (tertiary/aromatic N) is 3. The van der Waals surface area contributed by atoms with Gasteiger partial charge in [-0.2, -0.15) is 13.2 Å². The van der Waals surface area contributed by atoms with Gasteiger partial charge in [-0.25, -0.2) is 8.78 Å². The van der Waals surface area contributed by atoms with Gasteiger partial charge >= 0.3 is 6.18 Å². The third-order valence-corrected chi connectivity index (χ3v) is 4.56. The van der Waals surface area contributed by atoms with E-state index < -0.39 is 18.3 Å². The minimum atomic E-state index is -4.47. The van der Waals surface area contributed by atoms with Crippen LogP contribution in [0.15, 0.2) is 36.9 Å². The summed E-state index contributed by atoms with van der Waals surface area (Å²) in [5.74, 6) is -2.83. The van der Waals surface area contributed by atoms with Crippen LogP contribution >= 0.6 is 0 Å². The summed E-state index contributed by atoms with van der Waals surface area (Å²) in [6.07, 6.45) is -0.650. The van der Waals surface area contributed by atoms with Crippen molar-refractivity contribution in [1.82, 2.24) is 9.88 Å². The molecule has 1 aromatic rings. The maximum Gasteiger partial charge on any atom is 0.427 e. The second-order valence-corrected chi connectivity index (χ2v) is 6.32. The third kappa shape index (κ3) is 3.62. The van der Waals surface area contributed by atoms with Crippen molar-refractivity contribution in [2.75, 3.05) is 11.4 Å². The Kier molecular flexibility index (Phi) is 4.40. The maximum absolute atomic E-state index is 13.6. The summed E-state index contributed by atoms with van der Waals surface area (Å²) in [5, 5.41) is 0. The minimum Gasteiger partial charge on any atom is -0.348 e. The van der Waals surface area contributed by atoms with Crippen LogP contribution in [-0.2, 0) is 0 Å². The zero-order valence-corrected chi connectivity index (χ0v) is 12.9. The van der Waals surface area contributed by atoms with Gasteiger partial charge in [0.15, 0.2) is 0 Å². The molecule has 0 spiro atoms. The molecule has 1 aliphatic carbocycles. The highest BCUT2D eigenvalue weighted by Crippen LogP contribution is 2.39. The molecule has 0 amide bonds. The van der Waals surface area contributed by atoms with Crippen LogP contribution in [-0.4, -0.2) is 34.7 Å². The highest BCUT2D eigenvalue weighted by atomic mass is 19.4. The van der Waals surface area contributed by atoms with Gasteiger partial charge in [0.1, 0.15) is 0 Å². The summed E-state index contributed by atoms with van der Waals surface area (Å²) in [4.78, 5) is 6.15. The van der Waals surface area contributed by atoms with Gasteiger partial charge in [0.25, 0.3) is 0 Å². The van der Waals surface area contributed by atoms with Crippen LogP contribution in [0.25, 0.3) is 0 Å². The normalized spacial score (nSPS) is 24.6. The zero-order valence-electron chi connectivity index (χ0n) is 12.9. The van der Waals surface area contributed by atoms with E-state index in [-0.39, 0.29) is 38.1 Å². The van der Waals surface area contributed by atoms with E-state index in [0.717, 1.165) is 4.90 Å². The predicted molar refractivity (Wildman–Crippen MR) is 79.3 cm³/mol. The van der Waals surface area contributed by atoms with E-state index >= 15 is 0 Å². The molecule has 1 saturated carbocycles. The number of hydrogen-bond acceptors (Lipinski definition) is 3.